The average molecular weight is 424 g/mol. The van der Waals surface area contributed by atoms with E-state index in [4.69, 9.17) is 9.72 Å². The van der Waals surface area contributed by atoms with E-state index in [9.17, 15) is 13.2 Å². The molecule has 1 saturated heterocycles. The Balaban J connectivity index is 1.59. The van der Waals surface area contributed by atoms with Gasteiger partial charge >= 0.3 is 5.97 Å². The number of thiazole rings is 1. The fraction of sp³-hybridized carbons (Fsp3) is 0.474. The van der Waals surface area contributed by atoms with Crippen LogP contribution in [0.4, 0.5) is 0 Å². The number of hydrogen-bond acceptors (Lipinski definition) is 7. The van der Waals surface area contributed by atoms with Gasteiger partial charge in [0.05, 0.1) is 24.6 Å². The van der Waals surface area contributed by atoms with Gasteiger partial charge in [-0.2, -0.15) is 0 Å². The highest BCUT2D eigenvalue weighted by Gasteiger charge is 2.21. The maximum atomic E-state index is 11.5. The third kappa shape index (κ3) is 5.84. The first-order chi connectivity index (χ1) is 13.3. The number of nitrogens with zero attached hydrogens (tertiary/aromatic N) is 2. The van der Waals surface area contributed by atoms with Crippen LogP contribution in [0.5, 0.6) is 0 Å². The Kier molecular flexibility index (Phi) is 6.82. The van der Waals surface area contributed by atoms with Gasteiger partial charge in [0.15, 0.2) is 0 Å². The molecule has 1 aliphatic heterocycles. The van der Waals surface area contributed by atoms with Crippen molar-refractivity contribution in [3.05, 3.63) is 40.9 Å². The van der Waals surface area contributed by atoms with Crippen LogP contribution in [0.3, 0.4) is 0 Å². The number of benzene rings is 1. The monoisotopic (exact) mass is 423 g/mol. The Bertz CT molecular complexity index is 910. The molecule has 0 bridgehead atoms. The van der Waals surface area contributed by atoms with Crippen molar-refractivity contribution >= 4 is 27.3 Å². The summed E-state index contributed by atoms with van der Waals surface area (Å²) in [5, 5.41) is 2.97. The Morgan fingerprint density at radius 2 is 2.11 bits per heavy atom. The van der Waals surface area contributed by atoms with Gasteiger partial charge in [-0.25, -0.2) is 22.9 Å². The number of likely N-dealkylation sites (tertiary alicyclic amines) is 1. The first kappa shape index (κ1) is 20.9. The molecule has 7 nitrogen and oxygen atoms in total. The molecule has 0 radical (unpaired) electrons. The molecule has 9 heteroatoms. The van der Waals surface area contributed by atoms with Crippen molar-refractivity contribution in [1.82, 2.24) is 14.6 Å². The second-order valence-corrected chi connectivity index (χ2v) is 9.77. The Labute approximate surface area is 169 Å². The van der Waals surface area contributed by atoms with Gasteiger partial charge in [0.2, 0.25) is 10.0 Å². The predicted octanol–water partition coefficient (Wildman–Crippen LogP) is 2.36. The van der Waals surface area contributed by atoms with E-state index in [1.165, 1.54) is 13.4 Å². The number of sulfonamides is 1. The van der Waals surface area contributed by atoms with Crippen LogP contribution in [0.1, 0.15) is 28.9 Å². The number of nitrogens with one attached hydrogen (secondary N) is 1. The first-order valence-electron chi connectivity index (χ1n) is 9.14. The number of aromatic nitrogens is 1. The molecule has 0 spiro atoms. The Morgan fingerprint density at radius 3 is 2.79 bits per heavy atom. The van der Waals surface area contributed by atoms with E-state index < -0.39 is 10.0 Å². The zero-order valence-electron chi connectivity index (χ0n) is 16.1. The number of rotatable bonds is 7. The molecular formula is C19H25N3O4S2. The van der Waals surface area contributed by atoms with Crippen molar-refractivity contribution in [3.63, 3.8) is 0 Å². The summed E-state index contributed by atoms with van der Waals surface area (Å²) in [4.78, 5) is 18.6. The minimum Gasteiger partial charge on any atom is -0.465 e. The molecule has 1 atom stereocenters. The standard InChI is InChI=1S/C19H25N3O4S2/c1-26-19(23)16-7-5-15(6-8-16)18-21-17(13-27-18)12-22-9-3-4-14(11-22)10-20-28(2,24)25/h5-8,13-14,20H,3-4,9-12H2,1-2H3. The summed E-state index contributed by atoms with van der Waals surface area (Å²) in [6.07, 6.45) is 3.29. The lowest BCUT2D eigenvalue weighted by Gasteiger charge is -2.32. The Hall–Kier alpha value is -1.81. The number of carbonyl (C=O) groups excluding carboxylic acids is 1. The molecule has 0 saturated carbocycles. The predicted molar refractivity (Wildman–Crippen MR) is 110 cm³/mol. The van der Waals surface area contributed by atoms with E-state index in [2.05, 4.69) is 15.0 Å². The molecule has 1 unspecified atom stereocenters. The summed E-state index contributed by atoms with van der Waals surface area (Å²) >= 11 is 1.58. The van der Waals surface area contributed by atoms with E-state index in [0.29, 0.717) is 18.0 Å². The topological polar surface area (TPSA) is 88.6 Å². The highest BCUT2D eigenvalue weighted by Crippen LogP contribution is 2.26. The SMILES string of the molecule is COC(=O)c1ccc(-c2nc(CN3CCCC(CNS(C)(=O)=O)C3)cs2)cc1. The number of esters is 1. The molecule has 1 aliphatic rings. The van der Waals surface area contributed by atoms with Gasteiger partial charge < -0.3 is 4.74 Å². The lowest BCUT2D eigenvalue weighted by Crippen LogP contribution is -2.40. The van der Waals surface area contributed by atoms with Gasteiger partial charge in [-0.1, -0.05) is 12.1 Å². The van der Waals surface area contributed by atoms with Gasteiger partial charge in [-0.05, 0) is 37.4 Å². The maximum absolute atomic E-state index is 11.5. The van der Waals surface area contributed by atoms with Gasteiger partial charge in [0.1, 0.15) is 5.01 Å². The highest BCUT2D eigenvalue weighted by atomic mass is 32.2. The molecule has 1 aromatic carbocycles. The van der Waals surface area contributed by atoms with Crippen LogP contribution in [-0.2, 0) is 21.3 Å². The van der Waals surface area contributed by atoms with Crippen LogP contribution in [0, 0.1) is 5.92 Å². The highest BCUT2D eigenvalue weighted by molar-refractivity contribution is 7.88. The summed E-state index contributed by atoms with van der Waals surface area (Å²) in [5.74, 6) is -0.0242. The van der Waals surface area contributed by atoms with Crippen LogP contribution >= 0.6 is 11.3 Å². The van der Waals surface area contributed by atoms with Crippen LogP contribution in [0.25, 0.3) is 10.6 Å². The average Bonchev–Trinajstić information content (AvgIpc) is 3.14. The third-order valence-corrected chi connectivity index (χ3v) is 6.36. The van der Waals surface area contributed by atoms with E-state index in [1.807, 2.05) is 12.1 Å². The zero-order valence-corrected chi connectivity index (χ0v) is 17.7. The van der Waals surface area contributed by atoms with Gasteiger partial charge in [0, 0.05) is 30.6 Å². The lowest BCUT2D eigenvalue weighted by molar-refractivity contribution is 0.0600. The quantitative estimate of drug-likeness (QED) is 0.688. The normalized spacial score (nSPS) is 18.1. The van der Waals surface area contributed by atoms with Crippen molar-refractivity contribution in [2.24, 2.45) is 5.92 Å². The van der Waals surface area contributed by atoms with Crippen LogP contribution in [0.2, 0.25) is 0 Å². The van der Waals surface area contributed by atoms with Crippen LogP contribution < -0.4 is 4.72 Å². The largest absolute Gasteiger partial charge is 0.465 e. The van der Waals surface area contributed by atoms with Crippen molar-refractivity contribution in [2.75, 3.05) is 33.0 Å². The number of methoxy groups -OCH3 is 1. The zero-order chi connectivity index (χ0) is 20.1. The molecule has 3 rings (SSSR count). The van der Waals surface area contributed by atoms with Crippen molar-refractivity contribution in [1.29, 1.82) is 0 Å². The first-order valence-corrected chi connectivity index (χ1v) is 11.9. The second kappa shape index (κ2) is 9.13. The van der Waals surface area contributed by atoms with Crippen molar-refractivity contribution in [2.45, 2.75) is 19.4 Å². The molecule has 0 amide bonds. The molecular weight excluding hydrogens is 398 g/mol. The number of carbonyl (C=O) groups is 1. The molecule has 152 valence electrons. The van der Waals surface area contributed by atoms with Gasteiger partial charge in [0.25, 0.3) is 0 Å². The molecule has 28 heavy (non-hydrogen) atoms. The van der Waals surface area contributed by atoms with Crippen molar-refractivity contribution < 1.29 is 17.9 Å². The molecule has 0 aliphatic carbocycles. The summed E-state index contributed by atoms with van der Waals surface area (Å²) in [5.41, 5.74) is 2.50. The Morgan fingerprint density at radius 1 is 1.36 bits per heavy atom. The van der Waals surface area contributed by atoms with Crippen molar-refractivity contribution in [3.8, 4) is 10.6 Å². The minimum atomic E-state index is -3.15. The number of ether oxygens (including phenoxy) is 1. The fourth-order valence-corrected chi connectivity index (χ4v) is 4.69. The van der Waals surface area contributed by atoms with Crippen LogP contribution in [-0.4, -0.2) is 57.3 Å². The molecule has 1 aromatic heterocycles. The number of piperidine rings is 1. The molecule has 2 heterocycles. The summed E-state index contributed by atoms with van der Waals surface area (Å²) in [6, 6.07) is 7.24. The summed E-state index contributed by atoms with van der Waals surface area (Å²) in [7, 11) is -1.78. The molecule has 1 N–H and O–H groups in total. The van der Waals surface area contributed by atoms with E-state index >= 15 is 0 Å². The molecule has 1 fully saturated rings. The van der Waals surface area contributed by atoms with E-state index in [1.54, 1.807) is 23.5 Å². The number of hydrogen-bond donors (Lipinski definition) is 1. The minimum absolute atomic E-state index is 0.326. The summed E-state index contributed by atoms with van der Waals surface area (Å²) < 4.78 is 29.9. The van der Waals surface area contributed by atoms with Crippen LogP contribution in [0.15, 0.2) is 29.6 Å². The lowest BCUT2D eigenvalue weighted by atomic mass is 9.98. The van der Waals surface area contributed by atoms with Gasteiger partial charge in [-0.15, -0.1) is 11.3 Å². The maximum Gasteiger partial charge on any atom is 0.337 e. The smallest absolute Gasteiger partial charge is 0.337 e. The van der Waals surface area contributed by atoms with E-state index in [0.717, 1.165) is 48.7 Å². The second-order valence-electron chi connectivity index (χ2n) is 7.08. The summed E-state index contributed by atoms with van der Waals surface area (Å²) in [6.45, 7) is 3.11. The molecule has 2 aromatic rings. The van der Waals surface area contributed by atoms with Gasteiger partial charge in [-0.3, -0.25) is 4.90 Å². The third-order valence-electron chi connectivity index (χ3n) is 4.73. The van der Waals surface area contributed by atoms with E-state index in [-0.39, 0.29) is 5.97 Å². The fourth-order valence-electron chi connectivity index (χ4n) is 3.34.